The maximum Gasteiger partial charge on any atom is 0.126 e. The Morgan fingerprint density at radius 3 is 2.83 bits per heavy atom. The van der Waals surface area contributed by atoms with Crippen molar-refractivity contribution in [1.82, 2.24) is 4.98 Å². The molecular weight excluding hydrogens is 247 g/mol. The number of rotatable bonds is 2. The van der Waals surface area contributed by atoms with Gasteiger partial charge in [0.1, 0.15) is 10.8 Å². The van der Waals surface area contributed by atoms with Gasteiger partial charge < -0.3 is 5.32 Å². The van der Waals surface area contributed by atoms with E-state index in [2.05, 4.69) is 10.3 Å². The van der Waals surface area contributed by atoms with Gasteiger partial charge in [-0.3, -0.25) is 0 Å². The summed E-state index contributed by atoms with van der Waals surface area (Å²) in [7, 11) is 1.88. The summed E-state index contributed by atoms with van der Waals surface area (Å²) >= 11 is 1.50. The van der Waals surface area contributed by atoms with Crippen LogP contribution in [0, 0.1) is 5.82 Å². The van der Waals surface area contributed by atoms with Gasteiger partial charge in [0.05, 0.1) is 10.2 Å². The Hall–Kier alpha value is -1.94. The van der Waals surface area contributed by atoms with Crippen LogP contribution < -0.4 is 5.32 Å². The van der Waals surface area contributed by atoms with Crippen LogP contribution in [0.1, 0.15) is 0 Å². The van der Waals surface area contributed by atoms with Gasteiger partial charge >= 0.3 is 0 Å². The quantitative estimate of drug-likeness (QED) is 0.747. The number of thiazole rings is 1. The van der Waals surface area contributed by atoms with E-state index < -0.39 is 0 Å². The van der Waals surface area contributed by atoms with Crippen LogP contribution in [-0.4, -0.2) is 12.0 Å². The van der Waals surface area contributed by atoms with Crippen molar-refractivity contribution in [2.24, 2.45) is 0 Å². The highest BCUT2D eigenvalue weighted by atomic mass is 32.1. The predicted molar refractivity (Wildman–Crippen MR) is 74.6 cm³/mol. The fraction of sp³-hybridized carbons (Fsp3) is 0.0714. The molecule has 1 heterocycles. The van der Waals surface area contributed by atoms with Crippen LogP contribution in [0.5, 0.6) is 0 Å². The number of fused-ring (bicyclic) bond motifs is 1. The Morgan fingerprint density at radius 2 is 2.00 bits per heavy atom. The Balaban J connectivity index is 2.19. The zero-order valence-corrected chi connectivity index (χ0v) is 10.6. The van der Waals surface area contributed by atoms with Gasteiger partial charge in [-0.1, -0.05) is 12.1 Å². The van der Waals surface area contributed by atoms with E-state index in [0.29, 0.717) is 0 Å². The molecule has 0 saturated carbocycles. The molecule has 4 heteroatoms. The molecule has 18 heavy (non-hydrogen) atoms. The normalized spacial score (nSPS) is 10.8. The molecule has 0 fully saturated rings. The first-order valence-electron chi connectivity index (χ1n) is 5.61. The Morgan fingerprint density at radius 1 is 1.17 bits per heavy atom. The molecule has 0 spiro atoms. The summed E-state index contributed by atoms with van der Waals surface area (Å²) in [6.07, 6.45) is 0. The maximum absolute atomic E-state index is 13.2. The first-order valence-corrected chi connectivity index (χ1v) is 6.43. The summed E-state index contributed by atoms with van der Waals surface area (Å²) in [5.74, 6) is -0.223. The average molecular weight is 258 g/mol. The monoisotopic (exact) mass is 258 g/mol. The third kappa shape index (κ3) is 1.84. The number of anilines is 1. The molecule has 2 nitrogen and oxygen atoms in total. The SMILES string of the molecule is CNc1ccccc1-c1nc2ccc(F)cc2s1. The van der Waals surface area contributed by atoms with Crippen LogP contribution in [0.15, 0.2) is 42.5 Å². The van der Waals surface area contributed by atoms with Crippen LogP contribution in [0.3, 0.4) is 0 Å². The lowest BCUT2D eigenvalue weighted by Gasteiger charge is -2.04. The largest absolute Gasteiger partial charge is 0.388 e. The van der Waals surface area contributed by atoms with E-state index in [0.717, 1.165) is 26.5 Å². The third-order valence-electron chi connectivity index (χ3n) is 2.78. The van der Waals surface area contributed by atoms with E-state index in [-0.39, 0.29) is 5.82 Å². The number of benzene rings is 2. The molecule has 0 saturated heterocycles. The van der Waals surface area contributed by atoms with Crippen molar-refractivity contribution in [3.63, 3.8) is 0 Å². The fourth-order valence-corrected chi connectivity index (χ4v) is 2.93. The highest BCUT2D eigenvalue weighted by Crippen LogP contribution is 2.34. The summed E-state index contributed by atoms with van der Waals surface area (Å²) in [5, 5.41) is 4.05. The van der Waals surface area contributed by atoms with Gasteiger partial charge in [0.2, 0.25) is 0 Å². The van der Waals surface area contributed by atoms with Gasteiger partial charge in [-0.25, -0.2) is 9.37 Å². The Kier molecular flexibility index (Phi) is 2.72. The number of halogens is 1. The minimum absolute atomic E-state index is 0.223. The highest BCUT2D eigenvalue weighted by molar-refractivity contribution is 7.21. The Bertz CT molecular complexity index is 706. The van der Waals surface area contributed by atoms with E-state index in [9.17, 15) is 4.39 Å². The molecule has 0 amide bonds. The van der Waals surface area contributed by atoms with E-state index in [1.165, 1.54) is 23.5 Å². The fourth-order valence-electron chi connectivity index (χ4n) is 1.90. The second-order valence-corrected chi connectivity index (χ2v) is 4.96. The Labute approximate surface area is 108 Å². The third-order valence-corrected chi connectivity index (χ3v) is 3.83. The van der Waals surface area contributed by atoms with Crippen molar-refractivity contribution in [2.45, 2.75) is 0 Å². The second kappa shape index (κ2) is 4.38. The molecule has 0 aliphatic rings. The molecule has 0 bridgehead atoms. The molecule has 0 unspecified atom stereocenters. The van der Waals surface area contributed by atoms with E-state index >= 15 is 0 Å². The van der Waals surface area contributed by atoms with Crippen molar-refractivity contribution in [3.8, 4) is 10.6 Å². The van der Waals surface area contributed by atoms with E-state index in [4.69, 9.17) is 0 Å². The van der Waals surface area contributed by atoms with Gasteiger partial charge in [-0.15, -0.1) is 11.3 Å². The first-order chi connectivity index (χ1) is 8.78. The lowest BCUT2D eigenvalue weighted by Crippen LogP contribution is -1.90. The van der Waals surface area contributed by atoms with Crippen LogP contribution in [0.2, 0.25) is 0 Å². The zero-order valence-electron chi connectivity index (χ0n) is 9.77. The standard InChI is InChI=1S/C14H11FN2S/c1-16-11-5-3-2-4-10(11)14-17-12-7-6-9(15)8-13(12)18-14/h2-8,16H,1H3. The van der Waals surface area contributed by atoms with Crippen LogP contribution in [0.25, 0.3) is 20.8 Å². The van der Waals surface area contributed by atoms with Gasteiger partial charge in [0, 0.05) is 18.3 Å². The van der Waals surface area contributed by atoms with Crippen molar-refractivity contribution in [3.05, 3.63) is 48.3 Å². The molecule has 0 atom stereocenters. The minimum atomic E-state index is -0.223. The lowest BCUT2D eigenvalue weighted by molar-refractivity contribution is 0.630. The highest BCUT2D eigenvalue weighted by Gasteiger charge is 2.09. The summed E-state index contributed by atoms with van der Waals surface area (Å²) in [6, 6.07) is 12.6. The lowest BCUT2D eigenvalue weighted by atomic mass is 10.2. The van der Waals surface area contributed by atoms with Crippen molar-refractivity contribution in [1.29, 1.82) is 0 Å². The summed E-state index contributed by atoms with van der Waals surface area (Å²) < 4.78 is 14.0. The maximum atomic E-state index is 13.2. The molecule has 1 N–H and O–H groups in total. The van der Waals surface area contributed by atoms with Crippen LogP contribution in [0.4, 0.5) is 10.1 Å². The molecule has 2 aromatic carbocycles. The summed E-state index contributed by atoms with van der Waals surface area (Å²) in [6.45, 7) is 0. The molecule has 1 aromatic heterocycles. The second-order valence-electron chi connectivity index (χ2n) is 3.93. The van der Waals surface area contributed by atoms with Gasteiger partial charge in [-0.2, -0.15) is 0 Å². The number of nitrogens with zero attached hydrogens (tertiary/aromatic N) is 1. The molecule has 0 aliphatic heterocycles. The van der Waals surface area contributed by atoms with Crippen molar-refractivity contribution in [2.75, 3.05) is 12.4 Å². The van der Waals surface area contributed by atoms with Gasteiger partial charge in [0.25, 0.3) is 0 Å². The number of hydrogen-bond donors (Lipinski definition) is 1. The topological polar surface area (TPSA) is 24.9 Å². The molecular formula is C14H11FN2S. The molecule has 90 valence electrons. The number of aromatic nitrogens is 1. The first kappa shape index (κ1) is 11.2. The van der Waals surface area contributed by atoms with Crippen LogP contribution in [-0.2, 0) is 0 Å². The number of para-hydroxylation sites is 1. The predicted octanol–water partition coefficient (Wildman–Crippen LogP) is 4.14. The average Bonchev–Trinajstić information content (AvgIpc) is 2.81. The van der Waals surface area contributed by atoms with Gasteiger partial charge in [0.15, 0.2) is 0 Å². The molecule has 3 aromatic rings. The zero-order chi connectivity index (χ0) is 12.5. The summed E-state index contributed by atoms with van der Waals surface area (Å²) in [4.78, 5) is 4.54. The van der Waals surface area contributed by atoms with Gasteiger partial charge in [-0.05, 0) is 30.3 Å². The minimum Gasteiger partial charge on any atom is -0.388 e. The molecule has 3 rings (SSSR count). The summed E-state index contributed by atoms with van der Waals surface area (Å²) in [5.41, 5.74) is 2.90. The van der Waals surface area contributed by atoms with Crippen molar-refractivity contribution < 1.29 is 4.39 Å². The van der Waals surface area contributed by atoms with Crippen molar-refractivity contribution >= 4 is 27.2 Å². The number of hydrogen-bond acceptors (Lipinski definition) is 3. The van der Waals surface area contributed by atoms with Crippen LogP contribution >= 0.6 is 11.3 Å². The van der Waals surface area contributed by atoms with E-state index in [1.807, 2.05) is 31.3 Å². The van der Waals surface area contributed by atoms with E-state index in [1.54, 1.807) is 6.07 Å². The molecule has 0 radical (unpaired) electrons. The smallest absolute Gasteiger partial charge is 0.126 e. The number of nitrogens with one attached hydrogen (secondary N) is 1. The molecule has 0 aliphatic carbocycles.